The number of para-hydroxylation sites is 1. The van der Waals surface area contributed by atoms with Crippen LogP contribution in [0.2, 0.25) is 0 Å². The van der Waals surface area contributed by atoms with E-state index >= 15 is 0 Å². The normalized spacial score (nSPS) is 11.5. The Morgan fingerprint density at radius 1 is 1.42 bits per heavy atom. The van der Waals surface area contributed by atoms with Crippen LogP contribution in [0, 0.1) is 6.92 Å². The van der Waals surface area contributed by atoms with Gasteiger partial charge in [-0.05, 0) is 19.1 Å². The first kappa shape index (κ1) is 14.9. The Bertz CT molecular complexity index is 620. The lowest BCUT2D eigenvalue weighted by Crippen LogP contribution is -2.33. The van der Waals surface area contributed by atoms with Crippen molar-refractivity contribution >= 4 is 16.9 Å². The van der Waals surface area contributed by atoms with E-state index in [1.54, 1.807) is 13.0 Å². The van der Waals surface area contributed by atoms with E-state index in [0.717, 1.165) is 5.39 Å². The van der Waals surface area contributed by atoms with Gasteiger partial charge in [0, 0.05) is 10.9 Å². The van der Waals surface area contributed by atoms with Gasteiger partial charge in [-0.1, -0.05) is 18.2 Å². The summed E-state index contributed by atoms with van der Waals surface area (Å²) in [5.74, 6) is -1.18. The number of aliphatic hydroxyl groups is 1. The Labute approximate surface area is 109 Å². The van der Waals surface area contributed by atoms with Crippen LogP contribution in [0.1, 0.15) is 5.56 Å². The molecule has 0 unspecified atom stereocenters. The van der Waals surface area contributed by atoms with Crippen molar-refractivity contribution in [3.63, 3.8) is 0 Å². The molecular weight excluding hydrogens is 250 g/mol. The molecule has 2 aromatic rings. The van der Waals surface area contributed by atoms with E-state index in [-0.39, 0.29) is 5.63 Å². The number of hydrogen-bond donors (Lipinski definition) is 3. The highest BCUT2D eigenvalue weighted by molar-refractivity contribution is 5.76. The standard InChI is InChI=1S/C10H8O2.C3H7NO3/c1-7-6-8-4-2-3-5-9(8)12-10(7)11;4-2(1-5)3(6)7/h2-6H,1H3;2,5H,1,4H2,(H,6,7)/t;2-/m.0/s1. The monoisotopic (exact) mass is 265 g/mol. The predicted octanol–water partition coefficient (Wildman–Crippen LogP) is 0.492. The molecule has 0 bridgehead atoms. The molecule has 6 nitrogen and oxygen atoms in total. The number of aryl methyl sites for hydroxylation is 1. The molecule has 0 fully saturated rings. The van der Waals surface area contributed by atoms with E-state index in [2.05, 4.69) is 0 Å². The van der Waals surface area contributed by atoms with Crippen molar-refractivity contribution in [2.24, 2.45) is 5.73 Å². The largest absolute Gasteiger partial charge is 0.480 e. The number of aliphatic hydroxyl groups excluding tert-OH is 1. The number of carboxylic acids is 1. The fourth-order valence-corrected chi connectivity index (χ4v) is 1.24. The molecule has 0 radical (unpaired) electrons. The van der Waals surface area contributed by atoms with Crippen LogP contribution in [0.5, 0.6) is 0 Å². The summed E-state index contributed by atoms with van der Waals surface area (Å²) in [7, 11) is 0. The topological polar surface area (TPSA) is 114 Å². The molecule has 0 amide bonds. The SMILES string of the molecule is Cc1cc2ccccc2oc1=O.N[C@@H](CO)C(=O)O. The summed E-state index contributed by atoms with van der Waals surface area (Å²) in [4.78, 5) is 20.7. The van der Waals surface area contributed by atoms with Crippen molar-refractivity contribution < 1.29 is 19.4 Å². The zero-order chi connectivity index (χ0) is 14.4. The minimum atomic E-state index is -1.18. The fourth-order valence-electron chi connectivity index (χ4n) is 1.24. The Hall–Kier alpha value is -2.18. The van der Waals surface area contributed by atoms with Crippen LogP contribution in [0.15, 0.2) is 39.5 Å². The van der Waals surface area contributed by atoms with Crippen molar-refractivity contribution in [1.29, 1.82) is 0 Å². The van der Waals surface area contributed by atoms with Crippen molar-refractivity contribution in [1.82, 2.24) is 0 Å². The van der Waals surface area contributed by atoms with Gasteiger partial charge in [0.15, 0.2) is 0 Å². The van der Waals surface area contributed by atoms with Gasteiger partial charge in [0.05, 0.1) is 6.61 Å². The number of fused-ring (bicyclic) bond motifs is 1. The quantitative estimate of drug-likeness (QED) is 0.681. The van der Waals surface area contributed by atoms with Crippen LogP contribution < -0.4 is 11.4 Å². The van der Waals surface area contributed by atoms with Gasteiger partial charge in [0.25, 0.3) is 0 Å². The molecule has 1 heterocycles. The molecule has 6 heteroatoms. The summed E-state index contributed by atoms with van der Waals surface area (Å²) >= 11 is 0. The van der Waals surface area contributed by atoms with Crippen LogP contribution in [0.4, 0.5) is 0 Å². The molecule has 0 saturated carbocycles. The molecule has 1 aromatic heterocycles. The number of carboxylic acid groups (broad SMARTS) is 1. The van der Waals surface area contributed by atoms with Gasteiger partial charge < -0.3 is 20.4 Å². The molecule has 4 N–H and O–H groups in total. The maximum Gasteiger partial charge on any atom is 0.339 e. The maximum absolute atomic E-state index is 11.1. The molecule has 0 aliphatic rings. The Kier molecular flexibility index (Phi) is 5.23. The molecule has 0 aliphatic heterocycles. The van der Waals surface area contributed by atoms with Crippen molar-refractivity contribution in [3.8, 4) is 0 Å². The van der Waals surface area contributed by atoms with E-state index in [9.17, 15) is 9.59 Å². The van der Waals surface area contributed by atoms with Gasteiger partial charge >= 0.3 is 11.6 Å². The summed E-state index contributed by atoms with van der Waals surface area (Å²) in [6, 6.07) is 8.19. The molecule has 1 aromatic carbocycles. The molecular formula is C13H15NO5. The average molecular weight is 265 g/mol. The van der Waals surface area contributed by atoms with E-state index < -0.39 is 18.6 Å². The predicted molar refractivity (Wildman–Crippen MR) is 69.9 cm³/mol. The summed E-state index contributed by atoms with van der Waals surface area (Å²) in [6.07, 6.45) is 0. The second-order valence-electron chi connectivity index (χ2n) is 3.88. The Morgan fingerprint density at radius 2 is 2.05 bits per heavy atom. The van der Waals surface area contributed by atoms with E-state index in [1.165, 1.54) is 0 Å². The van der Waals surface area contributed by atoms with Gasteiger partial charge in [-0.2, -0.15) is 0 Å². The smallest absolute Gasteiger partial charge is 0.339 e. The highest BCUT2D eigenvalue weighted by Gasteiger charge is 2.07. The zero-order valence-corrected chi connectivity index (χ0v) is 10.4. The fraction of sp³-hybridized carbons (Fsp3) is 0.231. The minimum Gasteiger partial charge on any atom is -0.480 e. The molecule has 0 spiro atoms. The van der Waals surface area contributed by atoms with Gasteiger partial charge in [0.2, 0.25) is 0 Å². The van der Waals surface area contributed by atoms with E-state index in [4.69, 9.17) is 20.4 Å². The summed E-state index contributed by atoms with van der Waals surface area (Å²) in [5.41, 5.74) is 5.80. The first-order chi connectivity index (χ1) is 8.95. The van der Waals surface area contributed by atoms with E-state index in [0.29, 0.717) is 11.1 Å². The van der Waals surface area contributed by atoms with Crippen molar-refractivity contribution in [2.45, 2.75) is 13.0 Å². The third-order valence-corrected chi connectivity index (χ3v) is 2.33. The second kappa shape index (κ2) is 6.67. The van der Waals surface area contributed by atoms with Gasteiger partial charge in [-0.3, -0.25) is 4.79 Å². The highest BCUT2D eigenvalue weighted by atomic mass is 16.4. The summed E-state index contributed by atoms with van der Waals surface area (Å²) in [6.45, 7) is 1.24. The first-order valence-corrected chi connectivity index (χ1v) is 5.54. The maximum atomic E-state index is 11.1. The molecule has 0 aliphatic carbocycles. The van der Waals surface area contributed by atoms with Crippen molar-refractivity contribution in [2.75, 3.05) is 6.61 Å². The van der Waals surface area contributed by atoms with Gasteiger partial charge in [0.1, 0.15) is 11.6 Å². The number of rotatable bonds is 2. The number of hydrogen-bond acceptors (Lipinski definition) is 5. The highest BCUT2D eigenvalue weighted by Crippen LogP contribution is 2.11. The van der Waals surface area contributed by atoms with Crippen LogP contribution in [-0.2, 0) is 4.79 Å². The number of aliphatic carboxylic acids is 1. The lowest BCUT2D eigenvalue weighted by atomic mass is 10.2. The number of benzene rings is 1. The van der Waals surface area contributed by atoms with Crippen LogP contribution >= 0.6 is 0 Å². The van der Waals surface area contributed by atoms with Gasteiger partial charge in [-0.15, -0.1) is 0 Å². The summed E-state index contributed by atoms with van der Waals surface area (Å²) in [5, 5.41) is 16.9. The Morgan fingerprint density at radius 3 is 2.58 bits per heavy atom. The summed E-state index contributed by atoms with van der Waals surface area (Å²) < 4.78 is 5.04. The Balaban J connectivity index is 0.000000224. The van der Waals surface area contributed by atoms with E-state index in [1.807, 2.05) is 24.3 Å². The zero-order valence-electron chi connectivity index (χ0n) is 10.4. The second-order valence-corrected chi connectivity index (χ2v) is 3.88. The third kappa shape index (κ3) is 4.20. The van der Waals surface area contributed by atoms with Crippen molar-refractivity contribution in [3.05, 3.63) is 46.3 Å². The lowest BCUT2D eigenvalue weighted by Gasteiger charge is -1.96. The minimum absolute atomic E-state index is 0.256. The van der Waals surface area contributed by atoms with Crippen LogP contribution in [-0.4, -0.2) is 28.8 Å². The van der Waals surface area contributed by atoms with Gasteiger partial charge in [-0.25, -0.2) is 4.79 Å². The first-order valence-electron chi connectivity index (χ1n) is 5.54. The van der Waals surface area contributed by atoms with Crippen LogP contribution in [0.3, 0.4) is 0 Å². The number of nitrogens with two attached hydrogens (primary N) is 1. The number of carbonyl (C=O) groups is 1. The van der Waals surface area contributed by atoms with Crippen LogP contribution in [0.25, 0.3) is 11.0 Å². The third-order valence-electron chi connectivity index (χ3n) is 2.33. The molecule has 0 saturated heterocycles. The lowest BCUT2D eigenvalue weighted by molar-refractivity contribution is -0.139. The average Bonchev–Trinajstić information content (AvgIpc) is 2.39. The molecule has 1 atom stereocenters. The molecule has 2 rings (SSSR count). The molecule has 19 heavy (non-hydrogen) atoms. The molecule has 102 valence electrons.